The van der Waals surface area contributed by atoms with Crippen molar-refractivity contribution >= 4 is 29.7 Å². The molecular weight excluding hydrogens is 714 g/mol. The number of imide groups is 2. The minimum atomic E-state index is -0.521. The van der Waals surface area contributed by atoms with E-state index in [9.17, 15) is 24.0 Å². The van der Waals surface area contributed by atoms with Crippen molar-refractivity contribution in [1.82, 2.24) is 14.7 Å². The Hall–Kier alpha value is -4.25. The van der Waals surface area contributed by atoms with Crippen molar-refractivity contribution in [3.8, 4) is 0 Å². The Morgan fingerprint density at radius 2 is 0.873 bits per heavy atom. The van der Waals surface area contributed by atoms with Gasteiger partial charge in [0.2, 0.25) is 0 Å². The van der Waals surface area contributed by atoms with Crippen LogP contribution in [0.1, 0.15) is 82.0 Å². The van der Waals surface area contributed by atoms with Crippen molar-refractivity contribution in [2.75, 3.05) is 106 Å². The number of carbonyl (C=O) groups excluding carboxylic acids is 5. The third-order valence-electron chi connectivity index (χ3n) is 8.08. The fraction of sp³-hybridized carbons (Fsp3) is 0.575. The van der Waals surface area contributed by atoms with Crippen molar-refractivity contribution in [1.29, 1.82) is 0 Å². The monoisotopic (exact) mass is 771 g/mol. The van der Waals surface area contributed by atoms with Gasteiger partial charge in [-0.1, -0.05) is 37.6 Å². The molecule has 0 atom stereocenters. The minimum Gasteiger partial charge on any atom is -0.444 e. The summed E-state index contributed by atoms with van der Waals surface area (Å²) in [4.78, 5) is 64.4. The van der Waals surface area contributed by atoms with E-state index in [1.54, 1.807) is 55.6 Å². The lowest BCUT2D eigenvalue weighted by Crippen LogP contribution is -2.36. The van der Waals surface area contributed by atoms with E-state index in [1.807, 2.05) is 20.8 Å². The lowest BCUT2D eigenvalue weighted by Gasteiger charge is -2.24. The number of hydrogen-bond acceptors (Lipinski definition) is 12. The Labute approximate surface area is 324 Å². The second kappa shape index (κ2) is 24.3. The summed E-state index contributed by atoms with van der Waals surface area (Å²) in [5.41, 5.74) is 1.29. The summed E-state index contributed by atoms with van der Waals surface area (Å²) in [7, 11) is 1.66. The smallest absolute Gasteiger partial charge is 0.410 e. The predicted molar refractivity (Wildman–Crippen MR) is 202 cm³/mol. The van der Waals surface area contributed by atoms with Crippen LogP contribution < -0.4 is 0 Å². The van der Waals surface area contributed by atoms with Crippen LogP contribution in [0, 0.1) is 0 Å². The summed E-state index contributed by atoms with van der Waals surface area (Å²) >= 11 is 0. The van der Waals surface area contributed by atoms with Gasteiger partial charge in [0, 0.05) is 20.2 Å². The number of amides is 5. The normalized spacial score (nSPS) is 13.5. The summed E-state index contributed by atoms with van der Waals surface area (Å²) in [6.07, 6.45) is 1.81. The number of hydrogen-bond donors (Lipinski definition) is 0. The molecule has 0 radical (unpaired) electrons. The molecule has 0 saturated carbocycles. The fourth-order valence-corrected chi connectivity index (χ4v) is 5.16. The third kappa shape index (κ3) is 15.4. The minimum absolute atomic E-state index is 0.209. The van der Waals surface area contributed by atoms with E-state index in [1.165, 1.54) is 14.7 Å². The molecule has 0 bridgehead atoms. The van der Waals surface area contributed by atoms with Gasteiger partial charge >= 0.3 is 6.09 Å². The highest BCUT2D eigenvalue weighted by molar-refractivity contribution is 6.22. The molecule has 5 amide bonds. The van der Waals surface area contributed by atoms with E-state index < -0.39 is 5.60 Å². The van der Waals surface area contributed by atoms with Crippen LogP contribution in [0.3, 0.4) is 0 Å². The number of nitrogens with zero attached hydrogens (tertiary/aromatic N) is 3. The van der Waals surface area contributed by atoms with Gasteiger partial charge in [0.05, 0.1) is 108 Å². The van der Waals surface area contributed by atoms with Gasteiger partial charge in [-0.25, -0.2) is 4.79 Å². The van der Waals surface area contributed by atoms with Crippen LogP contribution in [0.2, 0.25) is 0 Å². The second-order valence-electron chi connectivity index (χ2n) is 13.5. The van der Waals surface area contributed by atoms with Crippen molar-refractivity contribution in [2.45, 2.75) is 46.1 Å². The predicted octanol–water partition coefficient (Wildman–Crippen LogP) is 4.33. The molecule has 4 rings (SSSR count). The van der Waals surface area contributed by atoms with E-state index >= 15 is 0 Å². The number of likely N-dealkylation sites (N-methyl/N-ethyl adjacent to an activating group) is 1. The van der Waals surface area contributed by atoms with Gasteiger partial charge in [-0.2, -0.15) is 0 Å². The largest absolute Gasteiger partial charge is 0.444 e. The van der Waals surface area contributed by atoms with Crippen LogP contribution in [-0.4, -0.2) is 156 Å². The molecule has 2 aromatic carbocycles. The summed E-state index contributed by atoms with van der Waals surface area (Å²) in [6, 6.07) is 13.7. The van der Waals surface area contributed by atoms with E-state index in [0.717, 1.165) is 19.4 Å². The summed E-state index contributed by atoms with van der Waals surface area (Å²) in [5.74, 6) is -1.07. The average molecular weight is 772 g/mol. The highest BCUT2D eigenvalue weighted by Gasteiger charge is 2.35. The fourth-order valence-electron chi connectivity index (χ4n) is 5.16. The van der Waals surface area contributed by atoms with Crippen LogP contribution in [0.25, 0.3) is 0 Å². The molecule has 2 aliphatic heterocycles. The van der Waals surface area contributed by atoms with Gasteiger partial charge in [-0.15, -0.1) is 0 Å². The number of carbonyl (C=O) groups is 5. The van der Waals surface area contributed by atoms with Gasteiger partial charge < -0.3 is 38.1 Å². The first kappa shape index (κ1) is 45.1. The molecule has 304 valence electrons. The molecule has 2 aromatic rings. The van der Waals surface area contributed by atoms with Crippen LogP contribution in [0.4, 0.5) is 4.79 Å². The maximum absolute atomic E-state index is 12.2. The lowest BCUT2D eigenvalue weighted by molar-refractivity contribution is 0.00332. The maximum atomic E-state index is 12.2. The van der Waals surface area contributed by atoms with Crippen LogP contribution in [-0.2, 0) is 33.2 Å². The molecule has 0 aliphatic carbocycles. The van der Waals surface area contributed by atoms with Crippen molar-refractivity contribution in [2.24, 2.45) is 0 Å². The zero-order chi connectivity index (χ0) is 40.1. The molecule has 15 heteroatoms. The second-order valence-corrected chi connectivity index (χ2v) is 13.5. The molecule has 0 spiro atoms. The summed E-state index contributed by atoms with van der Waals surface area (Å²) in [5, 5.41) is 0. The Morgan fingerprint density at radius 1 is 0.545 bits per heavy atom. The first-order chi connectivity index (χ1) is 26.5. The quantitative estimate of drug-likeness (QED) is 0.110. The summed E-state index contributed by atoms with van der Waals surface area (Å²) in [6.45, 7) is 13.8. The highest BCUT2D eigenvalue weighted by atomic mass is 16.6. The van der Waals surface area contributed by atoms with Crippen LogP contribution in [0.15, 0.2) is 48.5 Å². The van der Waals surface area contributed by atoms with E-state index in [-0.39, 0.29) is 49.4 Å². The number of fused-ring (bicyclic) bond motifs is 2. The molecule has 0 aromatic heterocycles. The molecule has 0 N–H and O–H groups in total. The van der Waals surface area contributed by atoms with Crippen molar-refractivity contribution in [3.63, 3.8) is 0 Å². The van der Waals surface area contributed by atoms with E-state index in [4.69, 9.17) is 33.2 Å². The third-order valence-corrected chi connectivity index (χ3v) is 8.08. The van der Waals surface area contributed by atoms with Gasteiger partial charge in [-0.3, -0.25) is 29.0 Å². The molecule has 0 fully saturated rings. The van der Waals surface area contributed by atoms with E-state index in [2.05, 4.69) is 6.92 Å². The summed E-state index contributed by atoms with van der Waals surface area (Å²) < 4.78 is 37.7. The average Bonchev–Trinajstić information content (AvgIpc) is 3.55. The Kier molecular flexibility index (Phi) is 19.9. The van der Waals surface area contributed by atoms with Crippen molar-refractivity contribution in [3.05, 3.63) is 70.8 Å². The number of rotatable bonds is 24. The molecular formula is C40H57N3O12. The Balaban J connectivity index is 0.000000305. The van der Waals surface area contributed by atoms with Gasteiger partial charge in [0.15, 0.2) is 0 Å². The number of ether oxygens (including phenoxy) is 7. The molecule has 2 heterocycles. The highest BCUT2D eigenvalue weighted by Crippen LogP contribution is 2.23. The molecule has 0 saturated heterocycles. The zero-order valence-corrected chi connectivity index (χ0v) is 32.9. The SMILES string of the molecule is CCCCOCCOCCOCCN1C(=O)c2ccccc2C1=O.CN(CCOCCOCCOCCN1C(=O)c2ccccc2C1=O)C(=O)OC(C)(C)C. The topological polar surface area (TPSA) is 160 Å². The van der Waals surface area contributed by atoms with Gasteiger partial charge in [0.1, 0.15) is 5.60 Å². The van der Waals surface area contributed by atoms with Crippen LogP contribution in [0.5, 0.6) is 0 Å². The molecule has 2 aliphatic rings. The number of benzene rings is 2. The maximum Gasteiger partial charge on any atom is 0.410 e. The van der Waals surface area contributed by atoms with Gasteiger partial charge in [-0.05, 0) is 51.5 Å². The lowest BCUT2D eigenvalue weighted by atomic mass is 10.1. The van der Waals surface area contributed by atoms with Crippen LogP contribution >= 0.6 is 0 Å². The Bertz CT molecular complexity index is 1460. The standard InChI is InChI=1S/C22H32N2O7.C18H25NO5/c1-22(2,3)31-21(27)23(4)9-11-28-13-15-30-16-14-29-12-10-24-19(25)17-7-5-6-8-18(17)20(24)26;1-2-3-9-22-11-13-24-14-12-23-10-8-19-17(20)15-6-4-5-7-16(15)18(19)21/h5-8H,9-16H2,1-4H3;4-7H,2-3,8-14H2,1H3. The first-order valence-corrected chi connectivity index (χ1v) is 18.8. The van der Waals surface area contributed by atoms with Crippen molar-refractivity contribution < 1.29 is 57.1 Å². The first-order valence-electron chi connectivity index (χ1n) is 18.8. The Morgan fingerprint density at radius 3 is 1.22 bits per heavy atom. The zero-order valence-electron chi connectivity index (χ0n) is 32.9. The van der Waals surface area contributed by atoms with Gasteiger partial charge in [0.25, 0.3) is 23.6 Å². The molecule has 0 unspecified atom stereocenters. The molecule has 55 heavy (non-hydrogen) atoms. The van der Waals surface area contributed by atoms with E-state index in [0.29, 0.717) is 94.9 Å². The number of unbranched alkanes of at least 4 members (excludes halogenated alkanes) is 1. The molecule has 15 nitrogen and oxygen atoms in total.